The SMILES string of the molecule is C=C(OC(C)c1ccccc1)C(C(=O)O)c1ccccc1Cl. The lowest BCUT2D eigenvalue weighted by molar-refractivity contribution is -0.139. The summed E-state index contributed by atoms with van der Waals surface area (Å²) in [5.41, 5.74) is 1.42. The second kappa shape index (κ2) is 7.14. The van der Waals surface area contributed by atoms with Gasteiger partial charge in [-0.25, -0.2) is 0 Å². The highest BCUT2D eigenvalue weighted by Gasteiger charge is 2.27. The Labute approximate surface area is 134 Å². The summed E-state index contributed by atoms with van der Waals surface area (Å²) in [6.45, 7) is 5.65. The third-order valence-electron chi connectivity index (χ3n) is 3.38. The van der Waals surface area contributed by atoms with Crippen molar-refractivity contribution in [2.45, 2.75) is 18.9 Å². The Morgan fingerprint density at radius 3 is 2.32 bits per heavy atom. The first-order chi connectivity index (χ1) is 10.5. The fourth-order valence-corrected chi connectivity index (χ4v) is 2.49. The van der Waals surface area contributed by atoms with Crippen LogP contribution in [0.5, 0.6) is 0 Å². The number of carbonyl (C=O) groups is 1. The minimum Gasteiger partial charge on any atom is -0.490 e. The molecule has 3 nitrogen and oxygen atoms in total. The molecule has 4 heteroatoms. The lowest BCUT2D eigenvalue weighted by Gasteiger charge is -2.22. The van der Waals surface area contributed by atoms with E-state index in [0.717, 1.165) is 5.56 Å². The maximum Gasteiger partial charge on any atom is 0.318 e. The largest absolute Gasteiger partial charge is 0.490 e. The summed E-state index contributed by atoms with van der Waals surface area (Å²) in [7, 11) is 0. The molecule has 0 fully saturated rings. The van der Waals surface area contributed by atoms with Crippen molar-refractivity contribution in [3.8, 4) is 0 Å². The van der Waals surface area contributed by atoms with Crippen molar-refractivity contribution in [1.82, 2.24) is 0 Å². The van der Waals surface area contributed by atoms with E-state index >= 15 is 0 Å². The summed E-state index contributed by atoms with van der Waals surface area (Å²) < 4.78 is 5.74. The normalized spacial score (nSPS) is 13.2. The highest BCUT2D eigenvalue weighted by molar-refractivity contribution is 6.31. The van der Waals surface area contributed by atoms with Gasteiger partial charge in [0, 0.05) is 5.02 Å². The zero-order valence-electron chi connectivity index (χ0n) is 12.2. The first-order valence-electron chi connectivity index (χ1n) is 6.88. The quantitative estimate of drug-likeness (QED) is 0.779. The maximum absolute atomic E-state index is 11.6. The predicted molar refractivity (Wildman–Crippen MR) is 86.9 cm³/mol. The average Bonchev–Trinajstić information content (AvgIpc) is 2.50. The molecule has 0 aromatic heterocycles. The molecule has 0 saturated heterocycles. The first kappa shape index (κ1) is 16.1. The van der Waals surface area contributed by atoms with E-state index in [9.17, 15) is 9.90 Å². The van der Waals surface area contributed by atoms with Crippen LogP contribution in [0.25, 0.3) is 0 Å². The molecule has 0 saturated carbocycles. The minimum atomic E-state index is -1.04. The molecule has 1 N–H and O–H groups in total. The smallest absolute Gasteiger partial charge is 0.318 e. The van der Waals surface area contributed by atoms with Crippen LogP contribution in [0.3, 0.4) is 0 Å². The lowest BCUT2D eigenvalue weighted by Crippen LogP contribution is -2.17. The molecule has 0 aliphatic heterocycles. The van der Waals surface area contributed by atoms with Gasteiger partial charge >= 0.3 is 5.97 Å². The van der Waals surface area contributed by atoms with E-state index in [1.807, 2.05) is 37.3 Å². The van der Waals surface area contributed by atoms with Crippen LogP contribution in [-0.2, 0) is 9.53 Å². The van der Waals surface area contributed by atoms with E-state index in [4.69, 9.17) is 16.3 Å². The molecule has 2 unspecified atom stereocenters. The second-order valence-electron chi connectivity index (χ2n) is 4.93. The number of halogens is 1. The van der Waals surface area contributed by atoms with Crippen LogP contribution in [0.2, 0.25) is 5.02 Å². The molecule has 0 amide bonds. The summed E-state index contributed by atoms with van der Waals surface area (Å²) in [4.78, 5) is 11.6. The molecular formula is C18H17ClO3. The molecule has 0 spiro atoms. The summed E-state index contributed by atoms with van der Waals surface area (Å²) in [5, 5.41) is 9.89. The maximum atomic E-state index is 11.6. The number of benzene rings is 2. The molecule has 0 bridgehead atoms. The zero-order chi connectivity index (χ0) is 16.1. The van der Waals surface area contributed by atoms with Crippen LogP contribution >= 0.6 is 11.6 Å². The number of carboxylic acids is 1. The van der Waals surface area contributed by atoms with Gasteiger partial charge < -0.3 is 9.84 Å². The molecule has 0 aliphatic carbocycles. The van der Waals surface area contributed by atoms with Gasteiger partial charge in [0.05, 0.1) is 0 Å². The summed E-state index contributed by atoms with van der Waals surface area (Å²) in [6, 6.07) is 16.4. The van der Waals surface area contributed by atoms with E-state index in [1.54, 1.807) is 24.3 Å². The van der Waals surface area contributed by atoms with E-state index in [2.05, 4.69) is 6.58 Å². The fraction of sp³-hybridized carbons (Fsp3) is 0.167. The van der Waals surface area contributed by atoms with Gasteiger partial charge in [0.1, 0.15) is 17.8 Å². The van der Waals surface area contributed by atoms with Crippen molar-refractivity contribution >= 4 is 17.6 Å². The van der Waals surface area contributed by atoms with Crippen molar-refractivity contribution in [3.05, 3.63) is 83.1 Å². The Morgan fingerprint density at radius 2 is 1.73 bits per heavy atom. The van der Waals surface area contributed by atoms with E-state index in [-0.39, 0.29) is 11.9 Å². The van der Waals surface area contributed by atoms with E-state index < -0.39 is 11.9 Å². The molecule has 114 valence electrons. The number of carboxylic acid groups (broad SMARTS) is 1. The van der Waals surface area contributed by atoms with Crippen molar-refractivity contribution in [3.63, 3.8) is 0 Å². The van der Waals surface area contributed by atoms with Gasteiger partial charge in [-0.1, -0.05) is 66.7 Å². The van der Waals surface area contributed by atoms with E-state index in [0.29, 0.717) is 10.6 Å². The number of hydrogen-bond acceptors (Lipinski definition) is 2. The summed E-state index contributed by atoms with van der Waals surface area (Å²) in [6.07, 6.45) is -0.293. The fourth-order valence-electron chi connectivity index (χ4n) is 2.24. The van der Waals surface area contributed by atoms with E-state index in [1.165, 1.54) is 0 Å². The van der Waals surface area contributed by atoms with Gasteiger partial charge in [-0.15, -0.1) is 0 Å². The topological polar surface area (TPSA) is 46.5 Å². The molecule has 2 aromatic rings. The van der Waals surface area contributed by atoms with Crippen molar-refractivity contribution in [2.75, 3.05) is 0 Å². The number of rotatable bonds is 6. The Morgan fingerprint density at radius 1 is 1.14 bits per heavy atom. The number of hydrogen-bond donors (Lipinski definition) is 1. The van der Waals surface area contributed by atoms with Crippen molar-refractivity contribution in [2.24, 2.45) is 0 Å². The summed E-state index contributed by atoms with van der Waals surface area (Å²) >= 11 is 6.10. The molecular weight excluding hydrogens is 300 g/mol. The van der Waals surface area contributed by atoms with Crippen LogP contribution < -0.4 is 0 Å². The third-order valence-corrected chi connectivity index (χ3v) is 3.73. The van der Waals surface area contributed by atoms with Gasteiger partial charge in [-0.2, -0.15) is 0 Å². The Kier molecular flexibility index (Phi) is 5.23. The van der Waals surface area contributed by atoms with Gasteiger partial charge in [0.15, 0.2) is 0 Å². The molecule has 2 aromatic carbocycles. The Balaban J connectivity index is 2.21. The molecule has 2 atom stereocenters. The highest BCUT2D eigenvalue weighted by atomic mass is 35.5. The molecule has 22 heavy (non-hydrogen) atoms. The van der Waals surface area contributed by atoms with Crippen LogP contribution in [0.4, 0.5) is 0 Å². The Hall–Kier alpha value is -2.26. The standard InChI is InChI=1S/C18H17ClO3/c1-12(14-8-4-3-5-9-14)22-13(2)17(18(20)21)15-10-6-7-11-16(15)19/h3-12,17H,2H2,1H3,(H,20,21). The predicted octanol–water partition coefficient (Wildman–Crippen LogP) is 4.80. The van der Waals surface area contributed by atoms with Crippen molar-refractivity contribution in [1.29, 1.82) is 0 Å². The Bertz CT molecular complexity index is 667. The highest BCUT2D eigenvalue weighted by Crippen LogP contribution is 2.33. The monoisotopic (exact) mass is 316 g/mol. The third kappa shape index (κ3) is 3.68. The van der Waals surface area contributed by atoms with Crippen molar-refractivity contribution < 1.29 is 14.6 Å². The lowest BCUT2D eigenvalue weighted by atomic mass is 9.97. The minimum absolute atomic E-state index is 0.164. The molecule has 0 radical (unpaired) electrons. The first-order valence-corrected chi connectivity index (χ1v) is 7.26. The second-order valence-corrected chi connectivity index (χ2v) is 5.34. The van der Waals surface area contributed by atoms with Gasteiger partial charge in [0.25, 0.3) is 0 Å². The van der Waals surface area contributed by atoms with Gasteiger partial charge in [0.2, 0.25) is 0 Å². The van der Waals surface area contributed by atoms with Crippen LogP contribution in [0, 0.1) is 0 Å². The van der Waals surface area contributed by atoms with Gasteiger partial charge in [-0.05, 0) is 24.1 Å². The molecule has 2 rings (SSSR count). The van der Waals surface area contributed by atoms with Crippen LogP contribution in [-0.4, -0.2) is 11.1 Å². The van der Waals surface area contributed by atoms with Crippen LogP contribution in [0.1, 0.15) is 30.1 Å². The summed E-state index contributed by atoms with van der Waals surface area (Å²) in [5.74, 6) is -1.88. The molecule has 0 aliphatic rings. The zero-order valence-corrected chi connectivity index (χ0v) is 13.0. The van der Waals surface area contributed by atoms with Gasteiger partial charge in [-0.3, -0.25) is 4.79 Å². The number of ether oxygens (including phenoxy) is 1. The molecule has 0 heterocycles. The van der Waals surface area contributed by atoms with Crippen LogP contribution in [0.15, 0.2) is 66.9 Å². The average molecular weight is 317 g/mol. The number of aliphatic carboxylic acids is 1.